The molecule has 0 radical (unpaired) electrons. The fraction of sp³-hybridized carbons (Fsp3) is 0.364. The van der Waals surface area contributed by atoms with Crippen LogP contribution in [0.25, 0.3) is 0 Å². The largest absolute Gasteiger partial charge is 0.486 e. The predicted octanol–water partition coefficient (Wildman–Crippen LogP) is 3.50. The number of carbonyl (C=O) groups excluding carboxylic acids is 2. The Morgan fingerprint density at radius 1 is 1.19 bits per heavy atom. The van der Waals surface area contributed by atoms with Crippen LogP contribution in [0.5, 0.6) is 5.75 Å². The fourth-order valence-corrected chi connectivity index (χ4v) is 5.06. The molecule has 2 aromatic rings. The van der Waals surface area contributed by atoms with Gasteiger partial charge in [0.25, 0.3) is 0 Å². The summed E-state index contributed by atoms with van der Waals surface area (Å²) in [6.45, 7) is 0.178. The number of hydrogen-bond donors (Lipinski definition) is 1. The Hall–Kier alpha value is -2.69. The molecule has 1 amide bonds. The van der Waals surface area contributed by atoms with Gasteiger partial charge in [0, 0.05) is 23.9 Å². The zero-order valence-corrected chi connectivity index (χ0v) is 14.8. The summed E-state index contributed by atoms with van der Waals surface area (Å²) in [5.74, 6) is 0.509. The highest BCUT2D eigenvalue weighted by Crippen LogP contribution is 2.65. The molecule has 1 spiro atoms. The first kappa shape index (κ1) is 16.5. The number of ether oxygens (including phenoxy) is 1. The van der Waals surface area contributed by atoms with E-state index in [1.54, 1.807) is 24.3 Å². The quantitative estimate of drug-likeness (QED) is 0.906. The molecule has 27 heavy (non-hydrogen) atoms. The van der Waals surface area contributed by atoms with Crippen LogP contribution in [0.4, 0.5) is 4.39 Å². The van der Waals surface area contributed by atoms with Crippen molar-refractivity contribution < 1.29 is 18.7 Å². The first-order valence-electron chi connectivity index (χ1n) is 9.41. The van der Waals surface area contributed by atoms with Gasteiger partial charge in [0.15, 0.2) is 5.78 Å². The van der Waals surface area contributed by atoms with Crippen LogP contribution in [0.1, 0.15) is 35.2 Å². The molecule has 4 atom stereocenters. The molecule has 2 aliphatic carbocycles. The van der Waals surface area contributed by atoms with Gasteiger partial charge >= 0.3 is 0 Å². The van der Waals surface area contributed by atoms with E-state index in [-0.39, 0.29) is 41.8 Å². The van der Waals surface area contributed by atoms with Crippen molar-refractivity contribution in [2.24, 2.45) is 17.8 Å². The molecule has 0 bridgehead atoms. The van der Waals surface area contributed by atoms with E-state index in [2.05, 4.69) is 5.32 Å². The summed E-state index contributed by atoms with van der Waals surface area (Å²) in [6, 6.07) is 13.8. The number of para-hydroxylation sites is 1. The molecule has 2 aromatic carbocycles. The van der Waals surface area contributed by atoms with E-state index in [4.69, 9.17) is 4.74 Å². The summed E-state index contributed by atoms with van der Waals surface area (Å²) in [5, 5.41) is 2.86. The monoisotopic (exact) mass is 365 g/mol. The molecule has 138 valence electrons. The number of benzene rings is 2. The molecular formula is C22H20FNO3. The molecule has 2 fully saturated rings. The third-order valence-electron chi connectivity index (χ3n) is 6.35. The zero-order valence-electron chi connectivity index (χ0n) is 14.8. The lowest BCUT2D eigenvalue weighted by atomic mass is 9.84. The van der Waals surface area contributed by atoms with E-state index < -0.39 is 5.60 Å². The molecule has 3 aliphatic rings. The zero-order chi connectivity index (χ0) is 18.6. The maximum absolute atomic E-state index is 13.7. The smallest absolute Gasteiger partial charge is 0.224 e. The van der Waals surface area contributed by atoms with Crippen LogP contribution in [0.15, 0.2) is 48.5 Å². The van der Waals surface area contributed by atoms with Gasteiger partial charge in [-0.05, 0) is 37.0 Å². The van der Waals surface area contributed by atoms with Gasteiger partial charge in [-0.3, -0.25) is 9.59 Å². The van der Waals surface area contributed by atoms with E-state index in [1.165, 1.54) is 6.07 Å². The van der Waals surface area contributed by atoms with Crippen LogP contribution in [-0.4, -0.2) is 17.3 Å². The lowest BCUT2D eigenvalue weighted by Gasteiger charge is -2.37. The van der Waals surface area contributed by atoms with Gasteiger partial charge in [0.05, 0.1) is 12.0 Å². The Labute approximate surface area is 156 Å². The average Bonchev–Trinajstić information content (AvgIpc) is 3.32. The molecule has 5 heteroatoms. The molecule has 2 saturated carbocycles. The molecule has 1 aliphatic heterocycles. The number of nitrogens with one attached hydrogen (secondary N) is 1. The molecule has 4 nitrogen and oxygen atoms in total. The first-order valence-corrected chi connectivity index (χ1v) is 9.41. The van der Waals surface area contributed by atoms with Crippen LogP contribution in [-0.2, 0) is 11.3 Å². The Morgan fingerprint density at radius 3 is 2.81 bits per heavy atom. The van der Waals surface area contributed by atoms with E-state index >= 15 is 0 Å². The molecule has 0 aromatic heterocycles. The summed E-state index contributed by atoms with van der Waals surface area (Å²) in [4.78, 5) is 25.3. The number of Topliss-reactive ketones (excluding diaryl/α,β-unsaturated/α-hetero) is 1. The van der Waals surface area contributed by atoms with Crippen LogP contribution in [0.2, 0.25) is 0 Å². The summed E-state index contributed by atoms with van der Waals surface area (Å²) in [5.41, 5.74) is 0.549. The Balaban J connectivity index is 1.31. The summed E-state index contributed by atoms with van der Waals surface area (Å²) < 4.78 is 20.1. The maximum Gasteiger partial charge on any atom is 0.224 e. The van der Waals surface area contributed by atoms with Crippen molar-refractivity contribution in [1.29, 1.82) is 0 Å². The van der Waals surface area contributed by atoms with E-state index in [0.717, 1.165) is 12.8 Å². The van der Waals surface area contributed by atoms with Gasteiger partial charge < -0.3 is 10.1 Å². The minimum atomic E-state index is -0.559. The topological polar surface area (TPSA) is 55.4 Å². The van der Waals surface area contributed by atoms with Crippen molar-refractivity contribution in [2.75, 3.05) is 0 Å². The summed E-state index contributed by atoms with van der Waals surface area (Å²) in [7, 11) is 0. The van der Waals surface area contributed by atoms with Crippen LogP contribution in [0, 0.1) is 23.6 Å². The third-order valence-corrected chi connectivity index (χ3v) is 6.35. The Morgan fingerprint density at radius 2 is 1.96 bits per heavy atom. The lowest BCUT2D eigenvalue weighted by Crippen LogP contribution is -2.44. The van der Waals surface area contributed by atoms with E-state index in [0.29, 0.717) is 23.3 Å². The second kappa shape index (κ2) is 5.91. The SMILES string of the molecule is O=C1C[C@]2(CC[C@@H]3[C@@H](C(=O)NCc4ccccc4F)[C@H]32)Oc2ccccc21. The highest BCUT2D eigenvalue weighted by atomic mass is 19.1. The van der Waals surface area contributed by atoms with Crippen molar-refractivity contribution in [2.45, 2.75) is 31.4 Å². The lowest BCUT2D eigenvalue weighted by molar-refractivity contribution is -0.124. The fourth-order valence-electron chi connectivity index (χ4n) is 5.06. The van der Waals surface area contributed by atoms with Gasteiger partial charge in [0.2, 0.25) is 5.91 Å². The minimum Gasteiger partial charge on any atom is -0.486 e. The van der Waals surface area contributed by atoms with Gasteiger partial charge in [-0.1, -0.05) is 30.3 Å². The third kappa shape index (κ3) is 2.56. The van der Waals surface area contributed by atoms with Gasteiger partial charge in [-0.2, -0.15) is 0 Å². The van der Waals surface area contributed by atoms with Crippen molar-refractivity contribution in [3.05, 3.63) is 65.5 Å². The second-order valence-electron chi connectivity index (χ2n) is 7.83. The van der Waals surface area contributed by atoms with Crippen LogP contribution >= 0.6 is 0 Å². The average molecular weight is 365 g/mol. The number of hydrogen-bond acceptors (Lipinski definition) is 3. The van der Waals surface area contributed by atoms with Gasteiger partial charge in [-0.25, -0.2) is 4.39 Å². The molecule has 0 saturated heterocycles. The van der Waals surface area contributed by atoms with Gasteiger partial charge in [-0.15, -0.1) is 0 Å². The number of ketones is 1. The highest BCUT2D eigenvalue weighted by Gasteiger charge is 2.70. The normalized spacial score (nSPS) is 30.4. The molecule has 5 rings (SSSR count). The minimum absolute atomic E-state index is 0.0652. The van der Waals surface area contributed by atoms with Crippen molar-refractivity contribution in [3.63, 3.8) is 0 Å². The van der Waals surface area contributed by atoms with Crippen LogP contribution in [0.3, 0.4) is 0 Å². The maximum atomic E-state index is 13.7. The van der Waals surface area contributed by atoms with Gasteiger partial charge in [0.1, 0.15) is 17.2 Å². The summed E-state index contributed by atoms with van der Waals surface area (Å²) in [6.07, 6.45) is 2.03. The van der Waals surface area contributed by atoms with E-state index in [9.17, 15) is 14.0 Å². The Bertz CT molecular complexity index is 943. The standard InChI is InChI=1S/C22H20FNO3/c23-16-7-3-1-5-13(16)12-24-21(26)19-15-9-10-22(20(15)19)11-17(25)14-6-2-4-8-18(14)27-22/h1-8,15,19-20H,9-12H2,(H,24,26)/t15-,19-,20+,22+/m1/s1. The molecular weight excluding hydrogens is 345 g/mol. The number of carbonyl (C=O) groups is 2. The Kier molecular flexibility index (Phi) is 3.61. The van der Waals surface area contributed by atoms with Crippen molar-refractivity contribution >= 4 is 11.7 Å². The number of amides is 1. The first-order chi connectivity index (χ1) is 13.1. The molecule has 0 unspecified atom stereocenters. The highest BCUT2D eigenvalue weighted by molar-refractivity contribution is 6.00. The second-order valence-corrected chi connectivity index (χ2v) is 7.83. The number of halogens is 1. The molecule has 1 heterocycles. The van der Waals surface area contributed by atoms with E-state index in [1.807, 2.05) is 18.2 Å². The number of rotatable bonds is 3. The van der Waals surface area contributed by atoms with Crippen LogP contribution < -0.4 is 10.1 Å². The van der Waals surface area contributed by atoms with Crippen molar-refractivity contribution in [3.8, 4) is 5.75 Å². The predicted molar refractivity (Wildman–Crippen MR) is 96.7 cm³/mol. The molecule has 1 N–H and O–H groups in total. The van der Waals surface area contributed by atoms with Crippen molar-refractivity contribution in [1.82, 2.24) is 5.32 Å². The summed E-state index contributed by atoms with van der Waals surface area (Å²) >= 11 is 0. The number of fused-ring (bicyclic) bond motifs is 3.